The van der Waals surface area contributed by atoms with Gasteiger partial charge in [-0.25, -0.2) is 0 Å². The first kappa shape index (κ1) is 22.5. The molecule has 2 rings (SSSR count). The van der Waals surface area contributed by atoms with E-state index in [1.54, 1.807) is 11.8 Å². The van der Waals surface area contributed by atoms with E-state index in [9.17, 15) is 9.59 Å². The molecule has 2 aromatic rings. The fourth-order valence-corrected chi connectivity index (χ4v) is 2.96. The van der Waals surface area contributed by atoms with Crippen molar-refractivity contribution in [2.24, 2.45) is 0 Å². The van der Waals surface area contributed by atoms with Crippen LogP contribution in [0.4, 0.5) is 0 Å². The molecule has 0 unspecified atom stereocenters. The molecule has 0 aliphatic carbocycles. The monoisotopic (exact) mass is 396 g/mol. The van der Waals surface area contributed by atoms with Crippen LogP contribution in [0.5, 0.6) is 5.75 Å². The molecule has 5 heteroatoms. The van der Waals surface area contributed by atoms with E-state index in [-0.39, 0.29) is 24.0 Å². The third-order valence-corrected chi connectivity index (χ3v) is 4.62. The predicted octanol–water partition coefficient (Wildman–Crippen LogP) is 4.01. The Morgan fingerprint density at radius 3 is 2.38 bits per heavy atom. The van der Waals surface area contributed by atoms with Crippen molar-refractivity contribution in [2.45, 2.75) is 59.7 Å². The largest absolute Gasteiger partial charge is 0.484 e. The third-order valence-electron chi connectivity index (χ3n) is 4.62. The van der Waals surface area contributed by atoms with Gasteiger partial charge in [0.1, 0.15) is 11.8 Å². The molecular weight excluding hydrogens is 364 g/mol. The summed E-state index contributed by atoms with van der Waals surface area (Å²) in [5.41, 5.74) is 2.77. The number of benzene rings is 2. The molecule has 0 saturated carbocycles. The molecule has 2 amide bonds. The van der Waals surface area contributed by atoms with Crippen LogP contribution in [0, 0.1) is 13.8 Å². The van der Waals surface area contributed by atoms with Crippen molar-refractivity contribution in [2.75, 3.05) is 6.61 Å². The number of amides is 2. The molecule has 0 heterocycles. The van der Waals surface area contributed by atoms with E-state index in [2.05, 4.69) is 5.32 Å². The zero-order valence-electron chi connectivity index (χ0n) is 18.3. The Kier molecular flexibility index (Phi) is 7.43. The molecule has 0 radical (unpaired) electrons. The van der Waals surface area contributed by atoms with Gasteiger partial charge in [-0.1, -0.05) is 36.4 Å². The van der Waals surface area contributed by atoms with Gasteiger partial charge in [-0.3, -0.25) is 9.59 Å². The van der Waals surface area contributed by atoms with E-state index in [1.165, 1.54) is 0 Å². The predicted molar refractivity (Wildman–Crippen MR) is 116 cm³/mol. The maximum Gasteiger partial charge on any atom is 0.261 e. The SMILES string of the molecule is Cc1cccc(OCC(=O)N(Cc2ccccc2C)[C@@H](C)C(=O)NC(C)(C)C)c1. The lowest BCUT2D eigenvalue weighted by atomic mass is 10.1. The van der Waals surface area contributed by atoms with Crippen molar-refractivity contribution >= 4 is 11.8 Å². The molecule has 0 aliphatic rings. The molecule has 1 atom stereocenters. The van der Waals surface area contributed by atoms with Crippen LogP contribution in [-0.2, 0) is 16.1 Å². The fourth-order valence-electron chi connectivity index (χ4n) is 2.96. The highest BCUT2D eigenvalue weighted by molar-refractivity contribution is 5.88. The third kappa shape index (κ3) is 6.93. The van der Waals surface area contributed by atoms with Gasteiger partial charge in [-0.2, -0.15) is 0 Å². The van der Waals surface area contributed by atoms with Gasteiger partial charge in [0.15, 0.2) is 6.61 Å². The summed E-state index contributed by atoms with van der Waals surface area (Å²) < 4.78 is 5.71. The van der Waals surface area contributed by atoms with Crippen molar-refractivity contribution in [1.29, 1.82) is 0 Å². The molecule has 0 fully saturated rings. The van der Waals surface area contributed by atoms with E-state index in [0.717, 1.165) is 16.7 Å². The Bertz CT molecular complexity index is 855. The summed E-state index contributed by atoms with van der Waals surface area (Å²) in [4.78, 5) is 27.4. The van der Waals surface area contributed by atoms with Crippen molar-refractivity contribution in [3.05, 3.63) is 65.2 Å². The van der Waals surface area contributed by atoms with Gasteiger partial charge in [-0.15, -0.1) is 0 Å². The van der Waals surface area contributed by atoms with E-state index in [4.69, 9.17) is 4.74 Å². The van der Waals surface area contributed by atoms with Crippen LogP contribution in [0.15, 0.2) is 48.5 Å². The van der Waals surface area contributed by atoms with E-state index >= 15 is 0 Å². The number of carbonyl (C=O) groups excluding carboxylic acids is 2. The first-order valence-electron chi connectivity index (χ1n) is 9.92. The van der Waals surface area contributed by atoms with Crippen LogP contribution in [-0.4, -0.2) is 34.9 Å². The topological polar surface area (TPSA) is 58.6 Å². The van der Waals surface area contributed by atoms with Gasteiger partial charge in [0, 0.05) is 12.1 Å². The summed E-state index contributed by atoms with van der Waals surface area (Å²) >= 11 is 0. The molecule has 0 aromatic heterocycles. The van der Waals surface area contributed by atoms with Crippen molar-refractivity contribution in [1.82, 2.24) is 10.2 Å². The van der Waals surface area contributed by atoms with Gasteiger partial charge in [0.05, 0.1) is 0 Å². The minimum atomic E-state index is -0.623. The summed E-state index contributed by atoms with van der Waals surface area (Å²) in [5.74, 6) is 0.224. The second-order valence-corrected chi connectivity index (χ2v) is 8.47. The first-order valence-corrected chi connectivity index (χ1v) is 9.92. The number of nitrogens with one attached hydrogen (secondary N) is 1. The maximum atomic E-state index is 13.0. The fraction of sp³-hybridized carbons (Fsp3) is 0.417. The molecule has 2 aromatic carbocycles. The highest BCUT2D eigenvalue weighted by atomic mass is 16.5. The highest BCUT2D eigenvalue weighted by Crippen LogP contribution is 2.16. The summed E-state index contributed by atoms with van der Waals surface area (Å²) in [7, 11) is 0. The molecule has 29 heavy (non-hydrogen) atoms. The first-order chi connectivity index (χ1) is 13.6. The molecule has 0 bridgehead atoms. The van der Waals surface area contributed by atoms with E-state index < -0.39 is 6.04 Å². The zero-order chi connectivity index (χ0) is 21.6. The van der Waals surface area contributed by atoms with Crippen LogP contribution >= 0.6 is 0 Å². The Hall–Kier alpha value is -2.82. The lowest BCUT2D eigenvalue weighted by molar-refractivity contribution is -0.142. The maximum absolute atomic E-state index is 13.0. The molecule has 0 spiro atoms. The summed E-state index contributed by atoms with van der Waals surface area (Å²) in [6.07, 6.45) is 0. The number of rotatable bonds is 7. The Labute approximate surface area is 174 Å². The molecule has 5 nitrogen and oxygen atoms in total. The van der Waals surface area contributed by atoms with Gasteiger partial charge in [0.25, 0.3) is 5.91 Å². The summed E-state index contributed by atoms with van der Waals surface area (Å²) in [5, 5.41) is 2.96. The van der Waals surface area contributed by atoms with E-state index in [0.29, 0.717) is 12.3 Å². The second-order valence-electron chi connectivity index (χ2n) is 8.47. The highest BCUT2D eigenvalue weighted by Gasteiger charge is 2.28. The average molecular weight is 397 g/mol. The molecular formula is C24H32N2O3. The second kappa shape index (κ2) is 9.59. The van der Waals surface area contributed by atoms with Crippen LogP contribution in [0.3, 0.4) is 0 Å². The molecule has 0 aliphatic heterocycles. The zero-order valence-corrected chi connectivity index (χ0v) is 18.3. The van der Waals surface area contributed by atoms with Gasteiger partial charge >= 0.3 is 0 Å². The van der Waals surface area contributed by atoms with Crippen LogP contribution in [0.1, 0.15) is 44.4 Å². The van der Waals surface area contributed by atoms with Crippen LogP contribution in [0.25, 0.3) is 0 Å². The Morgan fingerprint density at radius 1 is 1.07 bits per heavy atom. The number of ether oxygens (including phenoxy) is 1. The van der Waals surface area contributed by atoms with Crippen molar-refractivity contribution < 1.29 is 14.3 Å². The van der Waals surface area contributed by atoms with Gasteiger partial charge in [-0.05, 0) is 70.4 Å². The van der Waals surface area contributed by atoms with Crippen molar-refractivity contribution in [3.63, 3.8) is 0 Å². The van der Waals surface area contributed by atoms with E-state index in [1.807, 2.05) is 83.1 Å². The quantitative estimate of drug-likeness (QED) is 0.769. The Balaban J connectivity index is 2.19. The van der Waals surface area contributed by atoms with Crippen LogP contribution in [0.2, 0.25) is 0 Å². The summed E-state index contributed by atoms with van der Waals surface area (Å²) in [6, 6.07) is 14.8. The minimum absolute atomic E-state index is 0.123. The molecule has 0 saturated heterocycles. The smallest absolute Gasteiger partial charge is 0.261 e. The number of aryl methyl sites for hydroxylation is 2. The standard InChI is InChI=1S/C24H32N2O3/c1-17-10-9-13-21(14-17)29-16-22(27)26(15-20-12-8-7-11-18(20)2)19(3)23(28)25-24(4,5)6/h7-14,19H,15-16H2,1-6H3,(H,25,28)/t19-/m0/s1. The van der Waals surface area contributed by atoms with Crippen LogP contribution < -0.4 is 10.1 Å². The number of hydrogen-bond acceptors (Lipinski definition) is 3. The molecule has 156 valence electrons. The average Bonchev–Trinajstić information content (AvgIpc) is 2.63. The summed E-state index contributed by atoms with van der Waals surface area (Å²) in [6.45, 7) is 11.7. The lowest BCUT2D eigenvalue weighted by Gasteiger charge is -2.31. The normalized spacial score (nSPS) is 12.2. The Morgan fingerprint density at radius 2 is 1.76 bits per heavy atom. The van der Waals surface area contributed by atoms with Gasteiger partial charge < -0.3 is 15.0 Å². The minimum Gasteiger partial charge on any atom is -0.484 e. The molecule has 1 N–H and O–H groups in total. The van der Waals surface area contributed by atoms with Crippen molar-refractivity contribution in [3.8, 4) is 5.75 Å². The number of hydrogen-bond donors (Lipinski definition) is 1. The van der Waals surface area contributed by atoms with Gasteiger partial charge in [0.2, 0.25) is 5.91 Å². The number of carbonyl (C=O) groups is 2. The number of nitrogens with zero attached hydrogens (tertiary/aromatic N) is 1. The lowest BCUT2D eigenvalue weighted by Crippen LogP contribution is -2.53.